The van der Waals surface area contributed by atoms with Crippen LogP contribution in [0.4, 0.5) is 0 Å². The number of hydrogen-bond donors (Lipinski definition) is 0. The van der Waals surface area contributed by atoms with Gasteiger partial charge < -0.3 is 28.7 Å². The van der Waals surface area contributed by atoms with E-state index in [0.717, 1.165) is 19.4 Å². The van der Waals surface area contributed by atoms with Crippen molar-refractivity contribution in [2.24, 2.45) is 0 Å². The van der Waals surface area contributed by atoms with E-state index < -0.39 is 0 Å². The normalized spacial score (nSPS) is 12.2. The Morgan fingerprint density at radius 2 is 1.86 bits per heavy atom. The quantitative estimate of drug-likeness (QED) is 0.218. The molecule has 0 saturated carbocycles. The third-order valence-corrected chi connectivity index (χ3v) is 3.34. The van der Waals surface area contributed by atoms with Gasteiger partial charge in [-0.1, -0.05) is 43.8 Å². The first-order valence-corrected chi connectivity index (χ1v) is 7.10. The molecule has 1 atom stereocenters. The van der Waals surface area contributed by atoms with Crippen LogP contribution in [0.15, 0.2) is 42.5 Å². The Hall–Kier alpha value is -0.880. The molecule has 21 heavy (non-hydrogen) atoms. The Morgan fingerprint density at radius 1 is 1.29 bits per heavy atom. The second kappa shape index (κ2) is 9.20. The van der Waals surface area contributed by atoms with Crippen molar-refractivity contribution in [1.82, 2.24) is 0 Å². The molecule has 4 heteroatoms. The Bertz CT molecular complexity index is 457. The lowest BCUT2D eigenvalue weighted by Gasteiger charge is -2.37. The van der Waals surface area contributed by atoms with Crippen molar-refractivity contribution in [3.63, 3.8) is 0 Å². The molecule has 1 unspecified atom stereocenters. The summed E-state index contributed by atoms with van der Waals surface area (Å²) in [6, 6.07) is 10.3. The third kappa shape index (κ3) is 6.61. The molecule has 0 aliphatic heterocycles. The van der Waals surface area contributed by atoms with Crippen LogP contribution < -0.4 is 24.0 Å². The summed E-state index contributed by atoms with van der Waals surface area (Å²) < 4.78 is 6.24. The molecule has 0 radical (unpaired) electrons. The van der Waals surface area contributed by atoms with Gasteiger partial charge in [-0.25, -0.2) is 4.79 Å². The van der Waals surface area contributed by atoms with Crippen molar-refractivity contribution in [3.8, 4) is 0 Å². The SMILES string of the molecule is C=C(C)C(=O)OC(CCC)[N+](C)(C)Cc1ccccc1.[I-]. The van der Waals surface area contributed by atoms with Crippen LogP contribution in [0.5, 0.6) is 0 Å². The fraction of sp³-hybridized carbons (Fsp3) is 0.471. The van der Waals surface area contributed by atoms with Crippen LogP contribution in [0.3, 0.4) is 0 Å². The molecule has 0 saturated heterocycles. The summed E-state index contributed by atoms with van der Waals surface area (Å²) in [5.41, 5.74) is 1.69. The van der Waals surface area contributed by atoms with Gasteiger partial charge in [-0.15, -0.1) is 0 Å². The summed E-state index contributed by atoms with van der Waals surface area (Å²) in [6.45, 7) is 8.27. The Balaban J connectivity index is 0.00000400. The lowest BCUT2D eigenvalue weighted by molar-refractivity contribution is -0.947. The van der Waals surface area contributed by atoms with E-state index >= 15 is 0 Å². The summed E-state index contributed by atoms with van der Waals surface area (Å²) in [5.74, 6) is -0.303. The maximum Gasteiger partial charge on any atom is 0.337 e. The monoisotopic (exact) mass is 403 g/mol. The number of quaternary nitrogens is 1. The molecule has 0 fully saturated rings. The van der Waals surface area contributed by atoms with E-state index in [2.05, 4.69) is 39.7 Å². The number of carbonyl (C=O) groups excluding carboxylic acids is 1. The van der Waals surface area contributed by atoms with Gasteiger partial charge in [-0.05, 0) is 13.3 Å². The van der Waals surface area contributed by atoms with Crippen molar-refractivity contribution in [2.45, 2.75) is 39.5 Å². The van der Waals surface area contributed by atoms with Gasteiger partial charge in [-0.3, -0.25) is 4.48 Å². The molecule has 0 amide bonds. The lowest BCUT2D eigenvalue weighted by Crippen LogP contribution is -3.00. The molecule has 1 aromatic carbocycles. The lowest BCUT2D eigenvalue weighted by atomic mass is 10.1. The highest BCUT2D eigenvalue weighted by Crippen LogP contribution is 2.19. The fourth-order valence-electron chi connectivity index (χ4n) is 2.18. The van der Waals surface area contributed by atoms with Crippen molar-refractivity contribution >= 4 is 5.97 Å². The summed E-state index contributed by atoms with van der Waals surface area (Å²) in [6.07, 6.45) is 1.67. The van der Waals surface area contributed by atoms with Gasteiger partial charge in [0.15, 0.2) is 0 Å². The third-order valence-electron chi connectivity index (χ3n) is 3.34. The average Bonchev–Trinajstić information content (AvgIpc) is 2.38. The van der Waals surface area contributed by atoms with Gasteiger partial charge in [0.1, 0.15) is 6.54 Å². The van der Waals surface area contributed by atoms with Crippen molar-refractivity contribution in [2.75, 3.05) is 14.1 Å². The van der Waals surface area contributed by atoms with E-state index in [1.807, 2.05) is 18.2 Å². The van der Waals surface area contributed by atoms with Gasteiger partial charge in [0.05, 0.1) is 14.1 Å². The minimum absolute atomic E-state index is 0. The van der Waals surface area contributed by atoms with Gasteiger partial charge in [-0.2, -0.15) is 0 Å². The number of esters is 1. The molecule has 3 nitrogen and oxygen atoms in total. The van der Waals surface area contributed by atoms with Crippen molar-refractivity contribution in [1.29, 1.82) is 0 Å². The van der Waals surface area contributed by atoms with Crippen LogP contribution in [-0.4, -0.2) is 30.8 Å². The highest BCUT2D eigenvalue weighted by molar-refractivity contribution is 5.86. The topological polar surface area (TPSA) is 26.3 Å². The number of hydrogen-bond acceptors (Lipinski definition) is 2. The smallest absolute Gasteiger partial charge is 0.337 e. The predicted octanol–water partition coefficient (Wildman–Crippen LogP) is 0.513. The molecule has 1 aromatic rings. The minimum Gasteiger partial charge on any atom is -1.00 e. The first-order valence-electron chi connectivity index (χ1n) is 7.10. The van der Waals surface area contributed by atoms with Gasteiger partial charge in [0.2, 0.25) is 6.23 Å². The highest BCUT2D eigenvalue weighted by Gasteiger charge is 2.31. The molecular formula is C17H26INO2. The Kier molecular flexibility index (Phi) is 8.82. The largest absolute Gasteiger partial charge is 1.00 e. The molecule has 0 heterocycles. The fourth-order valence-corrected chi connectivity index (χ4v) is 2.18. The van der Waals surface area contributed by atoms with Gasteiger partial charge >= 0.3 is 5.97 Å². The molecule has 0 spiro atoms. The predicted molar refractivity (Wildman–Crippen MR) is 81.9 cm³/mol. The molecule has 0 aliphatic rings. The molecule has 0 bridgehead atoms. The first kappa shape index (κ1) is 20.1. The zero-order valence-corrected chi connectivity index (χ0v) is 15.6. The number of rotatable bonds is 7. The Morgan fingerprint density at radius 3 is 2.33 bits per heavy atom. The zero-order valence-electron chi connectivity index (χ0n) is 13.4. The summed E-state index contributed by atoms with van der Waals surface area (Å²) in [5, 5.41) is 0. The summed E-state index contributed by atoms with van der Waals surface area (Å²) in [7, 11) is 4.19. The van der Waals surface area contributed by atoms with Crippen molar-refractivity contribution in [3.05, 3.63) is 48.0 Å². The van der Waals surface area contributed by atoms with Crippen LogP contribution in [0, 0.1) is 0 Å². The van der Waals surface area contributed by atoms with Crippen LogP contribution in [0.2, 0.25) is 0 Å². The Labute approximate surface area is 145 Å². The number of carbonyl (C=O) groups is 1. The zero-order chi connectivity index (χ0) is 15.2. The van der Waals surface area contributed by atoms with Gasteiger partial charge in [0, 0.05) is 17.6 Å². The van der Waals surface area contributed by atoms with E-state index in [0.29, 0.717) is 10.1 Å². The molecular weight excluding hydrogens is 377 g/mol. The molecule has 1 rings (SSSR count). The van der Waals surface area contributed by atoms with E-state index in [1.54, 1.807) is 6.92 Å². The van der Waals surface area contributed by atoms with E-state index in [1.165, 1.54) is 5.56 Å². The highest BCUT2D eigenvalue weighted by atomic mass is 127. The maximum atomic E-state index is 11.8. The maximum absolute atomic E-state index is 11.8. The second-order valence-corrected chi connectivity index (χ2v) is 5.85. The van der Waals surface area contributed by atoms with E-state index in [-0.39, 0.29) is 36.2 Å². The van der Waals surface area contributed by atoms with Crippen LogP contribution in [-0.2, 0) is 16.1 Å². The number of ether oxygens (including phenoxy) is 1. The van der Waals surface area contributed by atoms with Crippen LogP contribution in [0.1, 0.15) is 32.3 Å². The van der Waals surface area contributed by atoms with Gasteiger partial charge in [0.25, 0.3) is 0 Å². The van der Waals surface area contributed by atoms with E-state index in [9.17, 15) is 4.79 Å². The van der Waals surface area contributed by atoms with Crippen molar-refractivity contribution < 1.29 is 38.0 Å². The molecule has 0 aliphatic carbocycles. The molecule has 118 valence electrons. The summed E-state index contributed by atoms with van der Waals surface area (Å²) >= 11 is 0. The summed E-state index contributed by atoms with van der Waals surface area (Å²) in [4.78, 5) is 11.8. The van der Waals surface area contributed by atoms with E-state index in [4.69, 9.17) is 4.74 Å². The number of halogens is 1. The number of nitrogens with zero attached hydrogens (tertiary/aromatic N) is 1. The average molecular weight is 403 g/mol. The molecule has 0 N–H and O–H groups in total. The second-order valence-electron chi connectivity index (χ2n) is 5.85. The van der Waals surface area contributed by atoms with Crippen LogP contribution in [0.25, 0.3) is 0 Å². The number of benzene rings is 1. The first-order chi connectivity index (χ1) is 9.36. The standard InChI is InChI=1S/C17H26NO2.HI/c1-6-10-16(20-17(19)14(2)3)18(4,5)13-15-11-8-7-9-12-15;/h7-9,11-12,16H,2,6,10,13H2,1,3-5H3;1H/q+1;/p-1. The van der Waals surface area contributed by atoms with Crippen LogP contribution >= 0.6 is 0 Å². The minimum atomic E-state index is -0.303. The molecule has 0 aromatic heterocycles.